The van der Waals surface area contributed by atoms with Crippen LogP contribution in [0.2, 0.25) is 0 Å². The van der Waals surface area contributed by atoms with Gasteiger partial charge < -0.3 is 24.2 Å². The largest absolute Gasteiger partial charge is 0.493 e. The third kappa shape index (κ3) is 3.75. The van der Waals surface area contributed by atoms with E-state index in [4.69, 9.17) is 14.2 Å². The number of carboxylic acids is 1. The molecule has 0 spiro atoms. The second-order valence-corrected chi connectivity index (χ2v) is 7.50. The normalized spacial score (nSPS) is 23.8. The van der Waals surface area contributed by atoms with Gasteiger partial charge in [0.05, 0.1) is 21.3 Å². The number of carbonyl (C=O) groups excluding carboxylic acids is 1. The van der Waals surface area contributed by atoms with Crippen LogP contribution in [-0.4, -0.2) is 55.3 Å². The van der Waals surface area contributed by atoms with Gasteiger partial charge in [-0.25, -0.2) is 4.79 Å². The molecule has 3 rings (SSSR count). The first kappa shape index (κ1) is 20.3. The molecule has 1 saturated heterocycles. The summed E-state index contributed by atoms with van der Waals surface area (Å²) in [6.07, 6.45) is 5.35. The summed E-state index contributed by atoms with van der Waals surface area (Å²) in [5.41, 5.74) is 0.833. The Kier molecular flexibility index (Phi) is 6.31. The van der Waals surface area contributed by atoms with E-state index in [1.807, 2.05) is 6.07 Å². The van der Waals surface area contributed by atoms with E-state index in [9.17, 15) is 14.7 Å². The summed E-state index contributed by atoms with van der Waals surface area (Å²) in [6, 6.07) is 3.01. The molecule has 0 bridgehead atoms. The molecule has 2 aliphatic rings. The first-order chi connectivity index (χ1) is 13.5. The fourth-order valence-corrected chi connectivity index (χ4v) is 4.77. The van der Waals surface area contributed by atoms with Gasteiger partial charge >= 0.3 is 5.97 Å². The fourth-order valence-electron chi connectivity index (χ4n) is 4.77. The number of ether oxygens (including phenoxy) is 3. The number of hydrogen-bond donors (Lipinski definition) is 1. The zero-order chi connectivity index (χ0) is 20.3. The van der Waals surface area contributed by atoms with Gasteiger partial charge in [-0.05, 0) is 43.2 Å². The zero-order valence-electron chi connectivity index (χ0n) is 16.8. The predicted molar refractivity (Wildman–Crippen MR) is 103 cm³/mol. The number of methoxy groups -OCH3 is 3. The number of aryl methyl sites for hydroxylation is 1. The molecule has 0 unspecified atom stereocenters. The van der Waals surface area contributed by atoms with Crippen LogP contribution in [0.25, 0.3) is 0 Å². The Hall–Kier alpha value is -2.44. The first-order valence-corrected chi connectivity index (χ1v) is 9.83. The maximum absolute atomic E-state index is 13.0. The zero-order valence-corrected chi connectivity index (χ0v) is 16.8. The first-order valence-electron chi connectivity index (χ1n) is 9.83. The lowest BCUT2D eigenvalue weighted by Gasteiger charge is -2.33. The van der Waals surface area contributed by atoms with Crippen LogP contribution in [0.4, 0.5) is 0 Å². The maximum atomic E-state index is 13.0. The van der Waals surface area contributed by atoms with E-state index in [-0.39, 0.29) is 18.4 Å². The van der Waals surface area contributed by atoms with Crippen LogP contribution in [0.5, 0.6) is 17.2 Å². The molecule has 0 radical (unpaired) electrons. The molecule has 1 aromatic carbocycles. The molecule has 1 aromatic rings. The number of rotatable bonds is 7. The third-order valence-electron chi connectivity index (χ3n) is 6.06. The highest BCUT2D eigenvalue weighted by atomic mass is 16.5. The maximum Gasteiger partial charge on any atom is 0.326 e. The number of amides is 1. The number of carbonyl (C=O) groups is 2. The molecule has 2 fully saturated rings. The number of benzene rings is 1. The number of likely N-dealkylation sites (tertiary alicyclic amines) is 1. The lowest BCUT2D eigenvalue weighted by Crippen LogP contribution is -2.46. The van der Waals surface area contributed by atoms with Crippen molar-refractivity contribution in [1.82, 2.24) is 4.90 Å². The van der Waals surface area contributed by atoms with Crippen molar-refractivity contribution < 1.29 is 28.9 Å². The summed E-state index contributed by atoms with van der Waals surface area (Å²) in [4.78, 5) is 26.4. The van der Waals surface area contributed by atoms with Gasteiger partial charge in [0.15, 0.2) is 11.5 Å². The minimum absolute atomic E-state index is 0.0645. The number of aliphatic carboxylic acids is 1. The molecule has 1 heterocycles. The topological polar surface area (TPSA) is 85.3 Å². The van der Waals surface area contributed by atoms with Crippen LogP contribution in [0.15, 0.2) is 12.1 Å². The summed E-state index contributed by atoms with van der Waals surface area (Å²) in [5.74, 6) is 0.915. The van der Waals surface area contributed by atoms with Gasteiger partial charge in [0, 0.05) is 12.5 Å². The molecule has 1 aliphatic heterocycles. The number of nitrogens with zero attached hydrogens (tertiary/aromatic N) is 1. The van der Waals surface area contributed by atoms with Gasteiger partial charge in [-0.2, -0.15) is 0 Å². The van der Waals surface area contributed by atoms with Crippen molar-refractivity contribution in [3.63, 3.8) is 0 Å². The van der Waals surface area contributed by atoms with Crippen molar-refractivity contribution >= 4 is 11.9 Å². The number of hydrogen-bond acceptors (Lipinski definition) is 5. The van der Waals surface area contributed by atoms with Crippen molar-refractivity contribution in [2.75, 3.05) is 21.3 Å². The lowest BCUT2D eigenvalue weighted by molar-refractivity contribution is -0.149. The predicted octanol–water partition coefficient (Wildman–Crippen LogP) is 2.89. The third-order valence-corrected chi connectivity index (χ3v) is 6.06. The highest BCUT2D eigenvalue weighted by molar-refractivity contribution is 5.85. The Morgan fingerprint density at radius 2 is 1.79 bits per heavy atom. The van der Waals surface area contributed by atoms with E-state index in [1.54, 1.807) is 32.3 Å². The van der Waals surface area contributed by atoms with Gasteiger partial charge in [0.2, 0.25) is 11.7 Å². The number of fused-ring (bicyclic) bond motifs is 1. The van der Waals surface area contributed by atoms with Gasteiger partial charge in [-0.15, -0.1) is 0 Å². The van der Waals surface area contributed by atoms with Gasteiger partial charge in [0.25, 0.3) is 0 Å². The summed E-state index contributed by atoms with van der Waals surface area (Å²) >= 11 is 0. The van der Waals surface area contributed by atoms with E-state index >= 15 is 0 Å². The van der Waals surface area contributed by atoms with Crippen LogP contribution in [-0.2, 0) is 16.0 Å². The lowest BCUT2D eigenvalue weighted by atomic mass is 9.84. The molecule has 0 aromatic heterocycles. The Morgan fingerprint density at radius 1 is 1.07 bits per heavy atom. The van der Waals surface area contributed by atoms with Crippen LogP contribution >= 0.6 is 0 Å². The smallest absolute Gasteiger partial charge is 0.326 e. The van der Waals surface area contributed by atoms with Crippen molar-refractivity contribution in [2.45, 2.75) is 57.0 Å². The van der Waals surface area contributed by atoms with Crippen LogP contribution in [0, 0.1) is 5.92 Å². The molecule has 1 N–H and O–H groups in total. The Morgan fingerprint density at radius 3 is 2.43 bits per heavy atom. The molecule has 7 nitrogen and oxygen atoms in total. The number of carboxylic acid groups (broad SMARTS) is 1. The van der Waals surface area contributed by atoms with Crippen LogP contribution in [0.1, 0.15) is 44.1 Å². The standard InChI is InChI=1S/C21H29NO6/c1-26-17-10-8-13(19(27-2)20(17)28-3)9-11-18(23)22-15-7-5-4-6-14(15)12-16(22)21(24)25/h8,10,14-16H,4-7,9,11-12H2,1-3H3,(H,24,25)/t14-,15+,16+/m1/s1. The monoisotopic (exact) mass is 391 g/mol. The van der Waals surface area contributed by atoms with E-state index in [0.29, 0.717) is 36.0 Å². The van der Waals surface area contributed by atoms with E-state index < -0.39 is 12.0 Å². The van der Waals surface area contributed by atoms with Crippen LogP contribution < -0.4 is 14.2 Å². The van der Waals surface area contributed by atoms with Crippen molar-refractivity contribution in [1.29, 1.82) is 0 Å². The Labute approximate surface area is 165 Å². The summed E-state index contributed by atoms with van der Waals surface area (Å²) in [5, 5.41) is 9.63. The molecule has 7 heteroatoms. The van der Waals surface area contributed by atoms with Gasteiger partial charge in [-0.1, -0.05) is 18.9 Å². The quantitative estimate of drug-likeness (QED) is 0.769. The highest BCUT2D eigenvalue weighted by Crippen LogP contribution is 2.42. The molecule has 1 saturated carbocycles. The van der Waals surface area contributed by atoms with Gasteiger partial charge in [-0.3, -0.25) is 4.79 Å². The summed E-state index contributed by atoms with van der Waals surface area (Å²) in [6.45, 7) is 0. The van der Waals surface area contributed by atoms with E-state index in [2.05, 4.69) is 0 Å². The Balaban J connectivity index is 1.77. The van der Waals surface area contributed by atoms with E-state index in [0.717, 1.165) is 31.2 Å². The second kappa shape index (κ2) is 8.71. The molecular weight excluding hydrogens is 362 g/mol. The van der Waals surface area contributed by atoms with Crippen molar-refractivity contribution in [3.8, 4) is 17.2 Å². The summed E-state index contributed by atoms with van der Waals surface area (Å²) < 4.78 is 16.2. The van der Waals surface area contributed by atoms with E-state index in [1.165, 1.54) is 0 Å². The highest BCUT2D eigenvalue weighted by Gasteiger charge is 2.47. The average molecular weight is 391 g/mol. The fraction of sp³-hybridized carbons (Fsp3) is 0.619. The second-order valence-electron chi connectivity index (χ2n) is 7.50. The summed E-state index contributed by atoms with van der Waals surface area (Å²) in [7, 11) is 4.65. The molecule has 28 heavy (non-hydrogen) atoms. The van der Waals surface area contributed by atoms with Crippen LogP contribution in [0.3, 0.4) is 0 Å². The molecular formula is C21H29NO6. The Bertz CT molecular complexity index is 734. The molecule has 3 atom stereocenters. The molecule has 154 valence electrons. The van der Waals surface area contributed by atoms with Crippen molar-refractivity contribution in [3.05, 3.63) is 17.7 Å². The van der Waals surface area contributed by atoms with Crippen molar-refractivity contribution in [2.24, 2.45) is 5.92 Å². The molecule has 1 amide bonds. The minimum Gasteiger partial charge on any atom is -0.493 e. The minimum atomic E-state index is -0.897. The van der Waals surface area contributed by atoms with Gasteiger partial charge in [0.1, 0.15) is 6.04 Å². The average Bonchev–Trinajstić information content (AvgIpc) is 3.11. The molecule has 1 aliphatic carbocycles. The SMILES string of the molecule is COc1ccc(CCC(=O)N2[C@H](C(=O)O)C[C@H]3CCCC[C@@H]32)c(OC)c1OC.